The van der Waals surface area contributed by atoms with Gasteiger partial charge in [0.25, 0.3) is 0 Å². The van der Waals surface area contributed by atoms with Crippen LogP contribution in [0.15, 0.2) is 42.0 Å². The average Bonchev–Trinajstić information content (AvgIpc) is 2.33. The van der Waals surface area contributed by atoms with Gasteiger partial charge in [-0.05, 0) is 24.8 Å². The largest absolute Gasteiger partial charge is 0.298 e. The molecule has 0 atom stereocenters. The highest BCUT2D eigenvalue weighted by molar-refractivity contribution is 5.15. The van der Waals surface area contributed by atoms with Gasteiger partial charge in [0.2, 0.25) is 0 Å². The van der Waals surface area contributed by atoms with Crippen molar-refractivity contribution in [3.8, 4) is 0 Å². The number of hydrogen-bond acceptors (Lipinski definition) is 1. The zero-order chi connectivity index (χ0) is 11.2. The van der Waals surface area contributed by atoms with Crippen LogP contribution in [-0.2, 0) is 6.54 Å². The summed E-state index contributed by atoms with van der Waals surface area (Å²) in [6, 6.07) is 10.8. The lowest BCUT2D eigenvalue weighted by Crippen LogP contribution is -2.30. The number of benzene rings is 1. The second kappa shape index (κ2) is 5.86. The molecule has 2 rings (SSSR count). The van der Waals surface area contributed by atoms with Gasteiger partial charge in [0, 0.05) is 19.6 Å². The second-order valence-corrected chi connectivity index (χ2v) is 4.53. The van der Waals surface area contributed by atoms with Gasteiger partial charge in [0.1, 0.15) is 0 Å². The Morgan fingerprint density at radius 3 is 2.44 bits per heavy atom. The summed E-state index contributed by atoms with van der Waals surface area (Å²) in [5.41, 5.74) is 3.09. The first-order valence-electron chi connectivity index (χ1n) is 6.32. The summed E-state index contributed by atoms with van der Waals surface area (Å²) >= 11 is 0. The summed E-state index contributed by atoms with van der Waals surface area (Å²) in [5.74, 6) is 0. The molecule has 0 unspecified atom stereocenters. The fourth-order valence-electron chi connectivity index (χ4n) is 2.33. The van der Waals surface area contributed by atoms with Crippen LogP contribution in [0.2, 0.25) is 0 Å². The SMILES string of the molecule is CCC=C1CCN(Cc2ccccc2)CC1. The highest BCUT2D eigenvalue weighted by Gasteiger charge is 2.13. The van der Waals surface area contributed by atoms with Crippen molar-refractivity contribution in [3.63, 3.8) is 0 Å². The molecule has 1 heterocycles. The molecule has 1 aromatic carbocycles. The molecule has 1 nitrogen and oxygen atoms in total. The van der Waals surface area contributed by atoms with Crippen LogP contribution < -0.4 is 0 Å². The van der Waals surface area contributed by atoms with Crippen LogP contribution >= 0.6 is 0 Å². The van der Waals surface area contributed by atoms with Crippen molar-refractivity contribution >= 4 is 0 Å². The van der Waals surface area contributed by atoms with Gasteiger partial charge >= 0.3 is 0 Å². The Balaban J connectivity index is 1.84. The van der Waals surface area contributed by atoms with Gasteiger partial charge < -0.3 is 0 Å². The van der Waals surface area contributed by atoms with Crippen LogP contribution in [0.3, 0.4) is 0 Å². The molecule has 86 valence electrons. The molecule has 1 fully saturated rings. The van der Waals surface area contributed by atoms with E-state index in [2.05, 4.69) is 48.2 Å². The van der Waals surface area contributed by atoms with Crippen molar-refractivity contribution in [1.82, 2.24) is 4.90 Å². The third kappa shape index (κ3) is 3.21. The molecule has 0 aliphatic carbocycles. The zero-order valence-corrected chi connectivity index (χ0v) is 10.2. The van der Waals surface area contributed by atoms with E-state index in [0.717, 1.165) is 6.54 Å². The van der Waals surface area contributed by atoms with Gasteiger partial charge in [0.05, 0.1) is 0 Å². The molecule has 1 heteroatoms. The number of allylic oxidation sites excluding steroid dienone is 1. The van der Waals surface area contributed by atoms with Crippen LogP contribution in [0, 0.1) is 0 Å². The Morgan fingerprint density at radius 1 is 1.12 bits per heavy atom. The van der Waals surface area contributed by atoms with Gasteiger partial charge in [0.15, 0.2) is 0 Å². The van der Waals surface area contributed by atoms with Gasteiger partial charge in [-0.25, -0.2) is 0 Å². The normalized spacial score (nSPS) is 17.4. The zero-order valence-electron chi connectivity index (χ0n) is 10.2. The van der Waals surface area contributed by atoms with E-state index in [-0.39, 0.29) is 0 Å². The van der Waals surface area contributed by atoms with Crippen LogP contribution in [-0.4, -0.2) is 18.0 Å². The van der Waals surface area contributed by atoms with Crippen molar-refractivity contribution in [1.29, 1.82) is 0 Å². The van der Waals surface area contributed by atoms with E-state index in [1.54, 1.807) is 5.57 Å². The van der Waals surface area contributed by atoms with Crippen LogP contribution in [0.1, 0.15) is 31.7 Å². The Kier molecular flexibility index (Phi) is 4.17. The summed E-state index contributed by atoms with van der Waals surface area (Å²) in [6.07, 6.45) is 6.12. The molecule has 1 saturated heterocycles. The summed E-state index contributed by atoms with van der Waals surface area (Å²) in [6.45, 7) is 5.78. The van der Waals surface area contributed by atoms with E-state index >= 15 is 0 Å². The van der Waals surface area contributed by atoms with E-state index in [0.29, 0.717) is 0 Å². The Bertz CT molecular complexity index is 330. The monoisotopic (exact) mass is 215 g/mol. The maximum absolute atomic E-state index is 2.56. The van der Waals surface area contributed by atoms with Gasteiger partial charge in [-0.1, -0.05) is 48.9 Å². The highest BCUT2D eigenvalue weighted by atomic mass is 15.1. The molecule has 0 N–H and O–H groups in total. The minimum absolute atomic E-state index is 1.11. The number of piperidine rings is 1. The Hall–Kier alpha value is -1.08. The predicted molar refractivity (Wildman–Crippen MR) is 69.3 cm³/mol. The molecule has 16 heavy (non-hydrogen) atoms. The number of rotatable bonds is 3. The van der Waals surface area contributed by atoms with E-state index in [1.807, 2.05) is 0 Å². The van der Waals surface area contributed by atoms with Crippen LogP contribution in [0.25, 0.3) is 0 Å². The quantitative estimate of drug-likeness (QED) is 0.696. The fourth-order valence-corrected chi connectivity index (χ4v) is 2.33. The van der Waals surface area contributed by atoms with Crippen molar-refractivity contribution in [2.24, 2.45) is 0 Å². The third-order valence-corrected chi connectivity index (χ3v) is 3.24. The fraction of sp³-hybridized carbons (Fsp3) is 0.467. The molecule has 0 saturated carbocycles. The Labute approximate surface area is 98.8 Å². The van der Waals surface area contributed by atoms with E-state index in [9.17, 15) is 0 Å². The molecule has 0 amide bonds. The van der Waals surface area contributed by atoms with Crippen LogP contribution in [0.4, 0.5) is 0 Å². The van der Waals surface area contributed by atoms with E-state index in [4.69, 9.17) is 0 Å². The van der Waals surface area contributed by atoms with Crippen LogP contribution in [0.5, 0.6) is 0 Å². The molecule has 1 aromatic rings. The molecular weight excluding hydrogens is 194 g/mol. The average molecular weight is 215 g/mol. The van der Waals surface area contributed by atoms with E-state index < -0.39 is 0 Å². The molecule has 0 bridgehead atoms. The van der Waals surface area contributed by atoms with Crippen molar-refractivity contribution in [2.75, 3.05) is 13.1 Å². The van der Waals surface area contributed by atoms with Crippen molar-refractivity contribution < 1.29 is 0 Å². The molecule has 0 radical (unpaired) electrons. The standard InChI is InChI=1S/C15H21N/c1-2-6-14-9-11-16(12-10-14)13-15-7-4-3-5-8-15/h3-8H,2,9-13H2,1H3. The maximum atomic E-state index is 2.56. The second-order valence-electron chi connectivity index (χ2n) is 4.53. The van der Waals surface area contributed by atoms with Crippen molar-refractivity contribution in [3.05, 3.63) is 47.5 Å². The minimum atomic E-state index is 1.11. The molecule has 1 aliphatic rings. The summed E-state index contributed by atoms with van der Waals surface area (Å²) < 4.78 is 0. The first-order valence-corrected chi connectivity index (χ1v) is 6.32. The topological polar surface area (TPSA) is 3.24 Å². The van der Waals surface area contributed by atoms with E-state index in [1.165, 1.54) is 37.9 Å². The molecule has 1 aliphatic heterocycles. The first kappa shape index (κ1) is 11.4. The lowest BCUT2D eigenvalue weighted by atomic mass is 10.0. The molecule has 0 spiro atoms. The summed E-state index contributed by atoms with van der Waals surface area (Å²) in [4.78, 5) is 2.56. The van der Waals surface area contributed by atoms with Gasteiger partial charge in [-0.15, -0.1) is 0 Å². The first-order chi connectivity index (χ1) is 7.88. The maximum Gasteiger partial charge on any atom is 0.0233 e. The highest BCUT2D eigenvalue weighted by Crippen LogP contribution is 2.18. The molecular formula is C15H21N. The smallest absolute Gasteiger partial charge is 0.0233 e. The number of nitrogens with zero attached hydrogens (tertiary/aromatic N) is 1. The lowest BCUT2D eigenvalue weighted by molar-refractivity contribution is 0.248. The third-order valence-electron chi connectivity index (χ3n) is 3.24. The molecule has 0 aromatic heterocycles. The van der Waals surface area contributed by atoms with Crippen molar-refractivity contribution in [2.45, 2.75) is 32.7 Å². The number of hydrogen-bond donors (Lipinski definition) is 0. The Morgan fingerprint density at radius 2 is 1.81 bits per heavy atom. The summed E-state index contributed by atoms with van der Waals surface area (Å²) in [5, 5.41) is 0. The van der Waals surface area contributed by atoms with Gasteiger partial charge in [-0.2, -0.15) is 0 Å². The lowest BCUT2D eigenvalue weighted by Gasteiger charge is -2.28. The number of likely N-dealkylation sites (tertiary alicyclic amines) is 1. The minimum Gasteiger partial charge on any atom is -0.298 e. The predicted octanol–water partition coefficient (Wildman–Crippen LogP) is 3.62. The van der Waals surface area contributed by atoms with Gasteiger partial charge in [-0.3, -0.25) is 4.90 Å². The summed E-state index contributed by atoms with van der Waals surface area (Å²) in [7, 11) is 0.